The molecule has 1 aromatic carbocycles. The predicted octanol–water partition coefficient (Wildman–Crippen LogP) is 4.47. The SMILES string of the molecule is CCCc1c(C)nn(C(=O)CCC(=O)Nc2cccc(Cl)c2C)c1C. The van der Waals surface area contributed by atoms with Crippen molar-refractivity contribution in [3.63, 3.8) is 0 Å². The standard InChI is InChI=1S/C19H24ClN3O2/c1-5-7-15-13(3)22-23(14(15)4)19(25)11-10-18(24)21-17-9-6-8-16(20)12(17)2/h6,8-9H,5,7,10-11H2,1-4H3,(H,21,24). The van der Waals surface area contributed by atoms with Gasteiger partial charge in [0.05, 0.1) is 5.69 Å². The number of hydrogen-bond acceptors (Lipinski definition) is 3. The summed E-state index contributed by atoms with van der Waals surface area (Å²) in [6.45, 7) is 7.75. The van der Waals surface area contributed by atoms with Gasteiger partial charge in [-0.2, -0.15) is 5.10 Å². The summed E-state index contributed by atoms with van der Waals surface area (Å²) in [6, 6.07) is 5.34. The zero-order valence-electron chi connectivity index (χ0n) is 15.1. The van der Waals surface area contributed by atoms with Crippen LogP contribution in [0.15, 0.2) is 18.2 Å². The minimum Gasteiger partial charge on any atom is -0.326 e. The molecule has 0 saturated carbocycles. The van der Waals surface area contributed by atoms with E-state index in [-0.39, 0.29) is 24.7 Å². The second-order valence-electron chi connectivity index (χ2n) is 6.17. The molecule has 5 nitrogen and oxygen atoms in total. The average Bonchev–Trinajstić information content (AvgIpc) is 2.85. The first-order valence-electron chi connectivity index (χ1n) is 8.48. The van der Waals surface area contributed by atoms with Crippen LogP contribution in [0.3, 0.4) is 0 Å². The van der Waals surface area contributed by atoms with Gasteiger partial charge in [0.2, 0.25) is 11.8 Å². The minimum absolute atomic E-state index is 0.103. The number of nitrogens with one attached hydrogen (secondary N) is 1. The maximum Gasteiger partial charge on any atom is 0.247 e. The van der Waals surface area contributed by atoms with Gasteiger partial charge in [-0.3, -0.25) is 9.59 Å². The molecule has 0 radical (unpaired) electrons. The number of aromatic nitrogens is 2. The van der Waals surface area contributed by atoms with E-state index in [1.807, 2.05) is 20.8 Å². The van der Waals surface area contributed by atoms with Gasteiger partial charge in [-0.05, 0) is 50.5 Å². The average molecular weight is 362 g/mol. The Balaban J connectivity index is 1.99. The number of aryl methyl sites for hydroxylation is 1. The van der Waals surface area contributed by atoms with Crippen molar-refractivity contribution in [3.8, 4) is 0 Å². The summed E-state index contributed by atoms with van der Waals surface area (Å²) in [5, 5.41) is 7.74. The van der Waals surface area contributed by atoms with Crippen LogP contribution in [0.1, 0.15) is 53.5 Å². The van der Waals surface area contributed by atoms with E-state index in [1.54, 1.807) is 18.2 Å². The molecule has 0 fully saturated rings. The van der Waals surface area contributed by atoms with Crippen molar-refractivity contribution in [2.45, 2.75) is 53.4 Å². The molecule has 0 aliphatic heterocycles. The lowest BCUT2D eigenvalue weighted by Gasteiger charge is -2.09. The topological polar surface area (TPSA) is 64.0 Å². The highest BCUT2D eigenvalue weighted by molar-refractivity contribution is 6.31. The number of benzene rings is 1. The second kappa shape index (κ2) is 8.30. The lowest BCUT2D eigenvalue weighted by atomic mass is 10.1. The highest BCUT2D eigenvalue weighted by atomic mass is 35.5. The van der Waals surface area contributed by atoms with E-state index in [1.165, 1.54) is 4.68 Å². The Labute approximate surface area is 153 Å². The third-order valence-corrected chi connectivity index (χ3v) is 4.69. The van der Waals surface area contributed by atoms with Crippen LogP contribution >= 0.6 is 11.6 Å². The first-order chi connectivity index (χ1) is 11.8. The summed E-state index contributed by atoms with van der Waals surface area (Å²) in [5.41, 5.74) is 4.35. The lowest BCUT2D eigenvalue weighted by molar-refractivity contribution is -0.116. The number of carbonyl (C=O) groups excluding carboxylic acids is 2. The molecule has 0 unspecified atom stereocenters. The maximum atomic E-state index is 12.4. The van der Waals surface area contributed by atoms with Crippen LogP contribution < -0.4 is 5.32 Å². The molecule has 1 N–H and O–H groups in total. The molecule has 134 valence electrons. The fraction of sp³-hybridized carbons (Fsp3) is 0.421. The molecule has 1 heterocycles. The van der Waals surface area contributed by atoms with E-state index < -0.39 is 0 Å². The normalized spacial score (nSPS) is 10.8. The number of amides is 1. The van der Waals surface area contributed by atoms with Crippen molar-refractivity contribution >= 4 is 29.1 Å². The Hall–Kier alpha value is -2.14. The van der Waals surface area contributed by atoms with E-state index in [4.69, 9.17) is 11.6 Å². The van der Waals surface area contributed by atoms with Gasteiger partial charge in [0.1, 0.15) is 0 Å². The zero-order valence-corrected chi connectivity index (χ0v) is 15.9. The van der Waals surface area contributed by atoms with E-state index in [0.29, 0.717) is 10.7 Å². The Bertz CT molecular complexity index is 796. The largest absolute Gasteiger partial charge is 0.326 e. The van der Waals surface area contributed by atoms with Gasteiger partial charge >= 0.3 is 0 Å². The number of nitrogens with zero attached hydrogens (tertiary/aromatic N) is 2. The summed E-state index contributed by atoms with van der Waals surface area (Å²) in [4.78, 5) is 24.5. The van der Waals surface area contributed by atoms with Gasteiger partial charge < -0.3 is 5.32 Å². The molecule has 0 atom stereocenters. The third kappa shape index (κ3) is 4.48. The van der Waals surface area contributed by atoms with Crippen molar-refractivity contribution in [1.29, 1.82) is 0 Å². The van der Waals surface area contributed by atoms with Gasteiger partial charge in [0.15, 0.2) is 0 Å². The first-order valence-corrected chi connectivity index (χ1v) is 8.86. The quantitative estimate of drug-likeness (QED) is 0.825. The summed E-state index contributed by atoms with van der Waals surface area (Å²) < 4.78 is 1.43. The first kappa shape index (κ1) is 19.2. The molecule has 2 rings (SSSR count). The van der Waals surface area contributed by atoms with Crippen LogP contribution in [-0.2, 0) is 11.2 Å². The molecule has 0 spiro atoms. The lowest BCUT2D eigenvalue weighted by Crippen LogP contribution is -2.19. The van der Waals surface area contributed by atoms with Crippen LogP contribution in [0.2, 0.25) is 5.02 Å². The number of anilines is 1. The van der Waals surface area contributed by atoms with Crippen LogP contribution in [0.4, 0.5) is 5.69 Å². The molecule has 2 aromatic rings. The Kier molecular flexibility index (Phi) is 6.37. The van der Waals surface area contributed by atoms with E-state index >= 15 is 0 Å². The molecular weight excluding hydrogens is 338 g/mol. The monoisotopic (exact) mass is 361 g/mol. The molecule has 1 amide bonds. The Morgan fingerprint density at radius 1 is 1.20 bits per heavy atom. The number of halogens is 1. The van der Waals surface area contributed by atoms with Gasteiger partial charge in [-0.15, -0.1) is 0 Å². The predicted molar refractivity (Wildman–Crippen MR) is 100 cm³/mol. The summed E-state index contributed by atoms with van der Waals surface area (Å²) in [5.74, 6) is -0.380. The van der Waals surface area contributed by atoms with Gasteiger partial charge in [-0.1, -0.05) is 31.0 Å². The van der Waals surface area contributed by atoms with Crippen molar-refractivity contribution in [2.75, 3.05) is 5.32 Å². The molecule has 0 saturated heterocycles. The van der Waals surface area contributed by atoms with Crippen molar-refractivity contribution in [1.82, 2.24) is 9.78 Å². The Morgan fingerprint density at radius 2 is 1.92 bits per heavy atom. The number of carbonyl (C=O) groups is 2. The van der Waals surface area contributed by atoms with E-state index in [0.717, 1.165) is 35.4 Å². The molecule has 1 aromatic heterocycles. The van der Waals surface area contributed by atoms with Crippen LogP contribution in [0.5, 0.6) is 0 Å². The molecule has 0 aliphatic carbocycles. The van der Waals surface area contributed by atoms with E-state index in [2.05, 4.69) is 17.3 Å². The number of rotatable bonds is 6. The van der Waals surface area contributed by atoms with Gasteiger partial charge in [0.25, 0.3) is 0 Å². The van der Waals surface area contributed by atoms with Crippen LogP contribution in [-0.4, -0.2) is 21.6 Å². The number of hydrogen-bond donors (Lipinski definition) is 1. The maximum absolute atomic E-state index is 12.4. The van der Waals surface area contributed by atoms with Crippen molar-refractivity contribution in [2.24, 2.45) is 0 Å². The highest BCUT2D eigenvalue weighted by Crippen LogP contribution is 2.23. The molecule has 6 heteroatoms. The van der Waals surface area contributed by atoms with Crippen LogP contribution in [0.25, 0.3) is 0 Å². The molecule has 0 aliphatic rings. The highest BCUT2D eigenvalue weighted by Gasteiger charge is 2.17. The fourth-order valence-corrected chi connectivity index (χ4v) is 2.99. The molecular formula is C19H24ClN3O2. The smallest absolute Gasteiger partial charge is 0.247 e. The molecule has 25 heavy (non-hydrogen) atoms. The van der Waals surface area contributed by atoms with E-state index in [9.17, 15) is 9.59 Å². The minimum atomic E-state index is -0.214. The second-order valence-corrected chi connectivity index (χ2v) is 6.57. The summed E-state index contributed by atoms with van der Waals surface area (Å²) in [7, 11) is 0. The summed E-state index contributed by atoms with van der Waals surface area (Å²) in [6.07, 6.45) is 2.12. The zero-order chi connectivity index (χ0) is 18.6. The molecule has 0 bridgehead atoms. The van der Waals surface area contributed by atoms with Gasteiger partial charge in [-0.25, -0.2) is 4.68 Å². The Morgan fingerprint density at radius 3 is 2.60 bits per heavy atom. The fourth-order valence-electron chi connectivity index (χ4n) is 2.81. The third-order valence-electron chi connectivity index (χ3n) is 4.29. The van der Waals surface area contributed by atoms with Crippen molar-refractivity contribution in [3.05, 3.63) is 45.7 Å². The van der Waals surface area contributed by atoms with Crippen molar-refractivity contribution < 1.29 is 9.59 Å². The van der Waals surface area contributed by atoms with Gasteiger partial charge in [0, 0.05) is 29.2 Å². The summed E-state index contributed by atoms with van der Waals surface area (Å²) >= 11 is 6.05. The van der Waals surface area contributed by atoms with Crippen LogP contribution in [0, 0.1) is 20.8 Å².